The van der Waals surface area contributed by atoms with Gasteiger partial charge < -0.3 is 55.6 Å². The van der Waals surface area contributed by atoms with Gasteiger partial charge in [-0.1, -0.05) is 126 Å². The number of aliphatic carboxylic acids is 1. The Morgan fingerprint density at radius 3 is 2.10 bits per heavy atom. The molecule has 10 N–H and O–H groups in total. The second kappa shape index (κ2) is 40.7. The predicted molar refractivity (Wildman–Crippen MR) is 456 cm³/mol. The van der Waals surface area contributed by atoms with E-state index in [-0.39, 0.29) is 76.8 Å². The minimum absolute atomic E-state index is 0.00727. The first kappa shape index (κ1) is 86.4. The van der Waals surface area contributed by atoms with Crippen molar-refractivity contribution < 1.29 is 72.3 Å². The van der Waals surface area contributed by atoms with E-state index in [2.05, 4.69) is 85.0 Å². The number of halogens is 2. The van der Waals surface area contributed by atoms with E-state index in [1.807, 2.05) is 71.0 Å². The van der Waals surface area contributed by atoms with Crippen LogP contribution in [0.25, 0.3) is 12.2 Å². The number of carbonyl (C=O) groups is 8. The number of fused-ring (bicyclic) bond motifs is 1. The van der Waals surface area contributed by atoms with Crippen LogP contribution in [-0.4, -0.2) is 127 Å². The van der Waals surface area contributed by atoms with E-state index in [4.69, 9.17) is 34.9 Å². The SMILES string of the molecule is C=C1N=C(N/N=C/c2ccc(OCC(=O)O)cc2)SC1CC(=O)Nc1ccc(C)cc1.COc1cc(/C=C2/C(=N)N3N=C(C(C)C)SC3=NC2=O)ccc1OC(=O)c1ccc(C)cc1.Cc1cc(Br)cc(C=NCC(=O)/C(=C/c2ccccc2O)NC(=O)c2ccccc2)c1O.Cc1sc(NC(=O)c2ccc(Br)o2)c(C(N)=O)c1C. The first-order valence-corrected chi connectivity index (χ1v) is 38.9. The van der Waals surface area contributed by atoms with Crippen LogP contribution in [0.1, 0.15) is 111 Å². The van der Waals surface area contributed by atoms with E-state index in [0.717, 1.165) is 42.3 Å². The number of methoxy groups -OCH3 is 1. The monoisotopic (exact) mass is 1730 g/mol. The lowest BCUT2D eigenvalue weighted by molar-refractivity contribution is -0.139. The summed E-state index contributed by atoms with van der Waals surface area (Å²) in [6, 6.07) is 48.0. The van der Waals surface area contributed by atoms with Crippen LogP contribution in [0.4, 0.5) is 10.7 Å². The molecule has 1 unspecified atom stereocenters. The zero-order valence-corrected chi connectivity index (χ0v) is 68.6. The minimum Gasteiger partial charge on any atom is -0.507 e. The van der Waals surface area contributed by atoms with Crippen molar-refractivity contribution in [2.75, 3.05) is 30.9 Å². The lowest BCUT2D eigenvalue weighted by Gasteiger charge is -2.20. The number of anilines is 2. The number of benzene rings is 7. The number of hydrogen-bond donors (Lipinski definition) is 9. The van der Waals surface area contributed by atoms with Gasteiger partial charge in [-0.25, -0.2) is 14.6 Å². The summed E-state index contributed by atoms with van der Waals surface area (Å²) in [5, 5.41) is 57.4. The lowest BCUT2D eigenvalue weighted by atomic mass is 10.1. The van der Waals surface area contributed by atoms with Crippen LogP contribution in [0.5, 0.6) is 28.7 Å². The normalized spacial score (nSPS) is 13.9. The fourth-order valence-corrected chi connectivity index (χ4v) is 14.1. The van der Waals surface area contributed by atoms with Crippen molar-refractivity contribution >= 4 is 170 Å². The maximum atomic E-state index is 12.9. The molecule has 3 aliphatic heterocycles. The molecule has 27 nitrogen and oxygen atoms in total. The Morgan fingerprint density at radius 2 is 1.45 bits per heavy atom. The number of ether oxygens (including phenoxy) is 3. The Bertz CT molecular complexity index is 5450. The molecule has 5 heterocycles. The van der Waals surface area contributed by atoms with Gasteiger partial charge in [0.25, 0.3) is 23.6 Å². The number of ketones is 1. The Balaban J connectivity index is 0.000000178. The second-order valence-electron chi connectivity index (χ2n) is 25.4. The van der Waals surface area contributed by atoms with Crippen molar-refractivity contribution in [3.8, 4) is 28.7 Å². The van der Waals surface area contributed by atoms with Crippen molar-refractivity contribution in [3.63, 3.8) is 0 Å². The number of thiophene rings is 1. The molecule has 0 bridgehead atoms. The third-order valence-corrected chi connectivity index (χ3v) is 20.7. The molecule has 0 radical (unpaired) electrons. The number of phenols is 2. The number of carboxylic acids is 1. The summed E-state index contributed by atoms with van der Waals surface area (Å²) in [5.41, 5.74) is 16.7. The number of primary amides is 1. The fraction of sp³-hybridized carbons (Fsp3) is 0.157. The number of hydrogen-bond acceptors (Lipinski definition) is 23. The third kappa shape index (κ3) is 24.7. The molecule has 0 spiro atoms. The molecule has 3 aliphatic rings. The molecule has 0 fully saturated rings. The quantitative estimate of drug-likeness (QED) is 0.00944. The summed E-state index contributed by atoms with van der Waals surface area (Å²) < 4.78 is 22.3. The number of phenolic OH excluding ortho intramolecular Hbond substituents is 2. The summed E-state index contributed by atoms with van der Waals surface area (Å²) in [6.07, 6.45) is 6.22. The van der Waals surface area contributed by atoms with Crippen LogP contribution in [0.15, 0.2) is 232 Å². The highest BCUT2D eigenvalue weighted by molar-refractivity contribution is 9.10. The maximum Gasteiger partial charge on any atom is 0.343 e. The Labute approximate surface area is 690 Å². The van der Waals surface area contributed by atoms with E-state index in [1.165, 1.54) is 71.4 Å². The zero-order valence-electron chi connectivity index (χ0n) is 62.9. The summed E-state index contributed by atoms with van der Waals surface area (Å²) in [6.45, 7) is 16.6. The molecule has 2 aromatic heterocycles. The number of hydrazone groups is 2. The molecule has 5 amide bonds. The van der Waals surface area contributed by atoms with Gasteiger partial charge in [0.1, 0.15) is 33.8 Å². The van der Waals surface area contributed by atoms with Gasteiger partial charge in [-0.05, 0) is 200 Å². The zero-order chi connectivity index (χ0) is 83.2. The van der Waals surface area contributed by atoms with Crippen molar-refractivity contribution in [1.82, 2.24) is 15.8 Å². The summed E-state index contributed by atoms with van der Waals surface area (Å²) in [4.78, 5) is 110. The molecule has 115 heavy (non-hydrogen) atoms. The number of nitrogens with one attached hydrogen (secondary N) is 5. The van der Waals surface area contributed by atoms with Gasteiger partial charge in [-0.3, -0.25) is 44.6 Å². The standard InChI is InChI=1S/C25H21BrN2O4.C24H22N4O4S.C22H22N4O4S.C12H11BrN2O3S/c1-16-11-20(26)12-19(24(16)31)14-27-15-23(30)21(13-18-9-5-6-10-22(18)29)28-25(32)17-7-3-2-4-8-17;1-13(2)22-27-28-20(25)17(21(29)26-24(28)33-22)11-15-7-10-18(19(12-15)31-4)32-23(30)16-8-5-14(3)6-9-16;1-14-3-7-17(8-4-14)25-20(27)11-19-15(2)24-22(31-19)26-23-12-16-5-9-18(10-6-16)30-13-21(28)29;1-5-6(2)19-12(9(5)10(14)16)15-11(17)7-3-4-8(13)18-7/h2-14,29,31H,15H2,1H3,(H,28,32);5-13,25H,1-4H3;3-10,12,19H,2,11,13H2,1H3,(H,24,26)(H,25,27)(H,28,29);3-4H,1-2H3,(H2,14,16)(H,15,17)/b21-13-,27-14?;17-11-,25-20?;23-12+;. The van der Waals surface area contributed by atoms with Crippen LogP contribution in [-0.2, 0) is 19.2 Å². The number of nitrogens with two attached hydrogens (primary N) is 1. The van der Waals surface area contributed by atoms with Crippen molar-refractivity contribution in [2.24, 2.45) is 36.8 Å². The van der Waals surface area contributed by atoms with Crippen molar-refractivity contribution in [2.45, 2.75) is 60.1 Å². The average molecular weight is 1740 g/mol. The van der Waals surface area contributed by atoms with Crippen LogP contribution >= 0.6 is 66.7 Å². The van der Waals surface area contributed by atoms with Gasteiger partial charge in [0.05, 0.1) is 46.7 Å². The molecular formula is C83H76Br2N12O15S3. The molecule has 0 saturated carbocycles. The maximum absolute atomic E-state index is 12.9. The summed E-state index contributed by atoms with van der Waals surface area (Å²) in [7, 11) is 1.46. The van der Waals surface area contributed by atoms with Gasteiger partial charge in [-0.15, -0.1) is 11.3 Å². The molecule has 32 heteroatoms. The summed E-state index contributed by atoms with van der Waals surface area (Å²) in [5.74, 6) is -2.67. The van der Waals surface area contributed by atoms with Crippen LogP contribution < -0.4 is 41.3 Å². The summed E-state index contributed by atoms with van der Waals surface area (Å²) >= 11 is 10.5. The van der Waals surface area contributed by atoms with Gasteiger partial charge >= 0.3 is 11.9 Å². The number of carbonyl (C=O) groups excluding carboxylic acids is 7. The van der Waals surface area contributed by atoms with E-state index < -0.39 is 41.4 Å². The smallest absolute Gasteiger partial charge is 0.343 e. The number of Topliss-reactive ketones (excluding diaryl/α,β-unsaturated/α-hetero) is 1. The number of aliphatic imine (C=N–C) groups is 3. The Kier molecular flexibility index (Phi) is 30.6. The number of amidine groups is 3. The number of carboxylic acid groups (broad SMARTS) is 1. The molecule has 1 atom stereocenters. The second-order valence-corrected chi connectivity index (χ2v) is 30.5. The third-order valence-electron chi connectivity index (χ3n) is 16.4. The molecule has 9 aromatic rings. The van der Waals surface area contributed by atoms with Gasteiger partial charge in [0, 0.05) is 50.3 Å². The molecule has 0 aliphatic carbocycles. The van der Waals surface area contributed by atoms with Crippen molar-refractivity contribution in [1.29, 1.82) is 5.41 Å². The number of rotatable bonds is 23. The highest BCUT2D eigenvalue weighted by Crippen LogP contribution is 2.36. The number of nitrogens with zero attached hydrogens (tertiary/aromatic N) is 6. The first-order valence-electron chi connectivity index (χ1n) is 34.8. The van der Waals surface area contributed by atoms with E-state index in [9.17, 15) is 48.6 Å². The molecule has 12 rings (SSSR count). The largest absolute Gasteiger partial charge is 0.507 e. The van der Waals surface area contributed by atoms with E-state index >= 15 is 0 Å². The number of amides is 5. The number of para-hydroxylation sites is 1. The van der Waals surface area contributed by atoms with Crippen LogP contribution in [0.2, 0.25) is 0 Å². The average Bonchev–Trinajstić information content (AvgIpc) is 1.67. The van der Waals surface area contributed by atoms with Crippen molar-refractivity contribution in [3.05, 3.63) is 274 Å². The fourth-order valence-electron chi connectivity index (χ4n) is 10.3. The molecule has 0 saturated heterocycles. The number of furan rings is 1. The topological polar surface area (TPSA) is 401 Å². The lowest BCUT2D eigenvalue weighted by Crippen LogP contribution is -2.35. The molecule has 590 valence electrons. The molecule has 7 aromatic carbocycles. The Morgan fingerprint density at radius 1 is 0.774 bits per heavy atom. The number of thioether (sulfide) groups is 2. The first-order chi connectivity index (χ1) is 54.9. The van der Waals surface area contributed by atoms with Crippen LogP contribution in [0, 0.1) is 45.9 Å². The van der Waals surface area contributed by atoms with Gasteiger partial charge in [-0.2, -0.15) is 20.2 Å². The minimum atomic E-state index is -1.03. The Hall–Kier alpha value is -12.6. The van der Waals surface area contributed by atoms with Gasteiger partial charge in [0.2, 0.25) is 11.1 Å². The predicted octanol–water partition coefficient (Wildman–Crippen LogP) is 15.6. The van der Waals surface area contributed by atoms with Gasteiger partial charge in [0.15, 0.2) is 45.3 Å². The highest BCUT2D eigenvalue weighted by atomic mass is 79.9. The number of aryl methyl sites for hydroxylation is 4. The number of esters is 1. The highest BCUT2D eigenvalue weighted by Gasteiger charge is 2.37. The van der Waals surface area contributed by atoms with E-state index in [0.29, 0.717) is 76.1 Å². The van der Waals surface area contributed by atoms with Crippen LogP contribution in [0.3, 0.4) is 0 Å². The van der Waals surface area contributed by atoms with E-state index in [1.54, 1.807) is 147 Å². The molecular weight excluding hydrogens is 1660 g/mol. The number of aromatic hydroxyl groups is 2.